The first-order valence-electron chi connectivity index (χ1n) is 5.33. The summed E-state index contributed by atoms with van der Waals surface area (Å²) in [6.45, 7) is 6.25. The largest absolute Gasteiger partial charge is 0.314 e. The van der Waals surface area contributed by atoms with Gasteiger partial charge in [0.2, 0.25) is 0 Å². The number of nitrogens with one attached hydrogen (secondary N) is 1. The fraction of sp³-hybridized carbons (Fsp3) is 1.00. The molecule has 0 aliphatic carbocycles. The lowest BCUT2D eigenvalue weighted by Crippen LogP contribution is -2.45. The molecule has 2 nitrogen and oxygen atoms in total. The number of hydrogen-bond acceptors (Lipinski definition) is 2. The van der Waals surface area contributed by atoms with Crippen molar-refractivity contribution in [3.05, 3.63) is 0 Å². The standard InChI is InChI=1S/C10H20N2/c1-9-8-10(4-5-11-9)12-6-2-3-7-12/h9-11H,2-8H2,1H3/t9-,10+/m1/s1. The Morgan fingerprint density at radius 2 is 2.00 bits per heavy atom. The van der Waals surface area contributed by atoms with Crippen LogP contribution in [0.1, 0.15) is 32.6 Å². The molecule has 0 bridgehead atoms. The van der Waals surface area contributed by atoms with Crippen molar-refractivity contribution in [2.24, 2.45) is 0 Å². The van der Waals surface area contributed by atoms with Crippen LogP contribution >= 0.6 is 0 Å². The van der Waals surface area contributed by atoms with Gasteiger partial charge in [0.25, 0.3) is 0 Å². The molecule has 1 N–H and O–H groups in total. The zero-order chi connectivity index (χ0) is 8.39. The second-order valence-electron chi connectivity index (χ2n) is 4.28. The summed E-state index contributed by atoms with van der Waals surface area (Å²) in [5, 5.41) is 3.51. The van der Waals surface area contributed by atoms with Crippen molar-refractivity contribution in [2.75, 3.05) is 19.6 Å². The molecule has 2 saturated heterocycles. The molecule has 0 saturated carbocycles. The first-order chi connectivity index (χ1) is 5.86. The zero-order valence-electron chi connectivity index (χ0n) is 8.05. The first kappa shape index (κ1) is 8.52. The highest BCUT2D eigenvalue weighted by Gasteiger charge is 2.25. The van der Waals surface area contributed by atoms with Crippen LogP contribution in [0.3, 0.4) is 0 Å². The van der Waals surface area contributed by atoms with Crippen LogP contribution in [-0.4, -0.2) is 36.6 Å². The van der Waals surface area contributed by atoms with Gasteiger partial charge >= 0.3 is 0 Å². The average molecular weight is 168 g/mol. The van der Waals surface area contributed by atoms with Crippen LogP contribution in [0.2, 0.25) is 0 Å². The van der Waals surface area contributed by atoms with E-state index in [1.165, 1.54) is 45.3 Å². The van der Waals surface area contributed by atoms with Crippen molar-refractivity contribution in [2.45, 2.75) is 44.7 Å². The van der Waals surface area contributed by atoms with E-state index in [4.69, 9.17) is 0 Å². The lowest BCUT2D eigenvalue weighted by molar-refractivity contribution is 0.179. The van der Waals surface area contributed by atoms with Crippen LogP contribution in [0.15, 0.2) is 0 Å². The van der Waals surface area contributed by atoms with Gasteiger partial charge in [-0.05, 0) is 52.2 Å². The Morgan fingerprint density at radius 1 is 1.25 bits per heavy atom. The van der Waals surface area contributed by atoms with Crippen molar-refractivity contribution < 1.29 is 0 Å². The molecule has 0 radical (unpaired) electrons. The maximum atomic E-state index is 3.51. The summed E-state index contributed by atoms with van der Waals surface area (Å²) in [7, 11) is 0. The van der Waals surface area contributed by atoms with Crippen molar-refractivity contribution in [3.63, 3.8) is 0 Å². The third-order valence-corrected chi connectivity index (χ3v) is 3.25. The summed E-state index contributed by atoms with van der Waals surface area (Å²) >= 11 is 0. The molecular weight excluding hydrogens is 148 g/mol. The minimum absolute atomic E-state index is 0.740. The van der Waals surface area contributed by atoms with Gasteiger partial charge in [-0.15, -0.1) is 0 Å². The Labute approximate surface area is 75.3 Å². The molecule has 0 spiro atoms. The van der Waals surface area contributed by atoms with Crippen molar-refractivity contribution in [1.29, 1.82) is 0 Å². The second-order valence-corrected chi connectivity index (χ2v) is 4.28. The minimum atomic E-state index is 0.740. The Bertz CT molecular complexity index is 141. The van der Waals surface area contributed by atoms with Gasteiger partial charge in [0.1, 0.15) is 0 Å². The van der Waals surface area contributed by atoms with Crippen LogP contribution in [0.25, 0.3) is 0 Å². The maximum Gasteiger partial charge on any atom is 0.0122 e. The lowest BCUT2D eigenvalue weighted by atomic mass is 9.99. The van der Waals surface area contributed by atoms with E-state index < -0.39 is 0 Å². The summed E-state index contributed by atoms with van der Waals surface area (Å²) in [6, 6.07) is 1.63. The quantitative estimate of drug-likeness (QED) is 0.633. The normalized spacial score (nSPS) is 38.8. The summed E-state index contributed by atoms with van der Waals surface area (Å²) in [5.74, 6) is 0. The van der Waals surface area contributed by atoms with E-state index in [2.05, 4.69) is 17.1 Å². The Balaban J connectivity index is 1.85. The number of hydrogen-bond donors (Lipinski definition) is 1. The fourth-order valence-corrected chi connectivity index (χ4v) is 2.54. The van der Waals surface area contributed by atoms with E-state index >= 15 is 0 Å². The molecule has 2 aliphatic heterocycles. The SMILES string of the molecule is C[C@@H]1C[C@@H](N2CCCC2)CCN1. The lowest BCUT2D eigenvalue weighted by Gasteiger charge is -2.34. The Kier molecular flexibility index (Phi) is 2.66. The van der Waals surface area contributed by atoms with Gasteiger partial charge in [0.05, 0.1) is 0 Å². The molecule has 0 aromatic heterocycles. The highest BCUT2D eigenvalue weighted by Crippen LogP contribution is 2.20. The molecule has 0 unspecified atom stereocenters. The molecule has 0 amide bonds. The van der Waals surface area contributed by atoms with Crippen LogP contribution in [-0.2, 0) is 0 Å². The zero-order valence-corrected chi connectivity index (χ0v) is 8.05. The average Bonchev–Trinajstić information content (AvgIpc) is 2.56. The van der Waals surface area contributed by atoms with Crippen LogP contribution in [0, 0.1) is 0 Å². The predicted octanol–water partition coefficient (Wildman–Crippen LogP) is 1.22. The monoisotopic (exact) mass is 168 g/mol. The van der Waals surface area contributed by atoms with E-state index in [-0.39, 0.29) is 0 Å². The van der Waals surface area contributed by atoms with Gasteiger partial charge in [-0.3, -0.25) is 0 Å². The fourth-order valence-electron chi connectivity index (χ4n) is 2.54. The number of rotatable bonds is 1. The van der Waals surface area contributed by atoms with E-state index in [1.54, 1.807) is 0 Å². The highest BCUT2D eigenvalue weighted by molar-refractivity contribution is 4.84. The van der Waals surface area contributed by atoms with Gasteiger partial charge in [0.15, 0.2) is 0 Å². The predicted molar refractivity (Wildman–Crippen MR) is 51.3 cm³/mol. The third-order valence-electron chi connectivity index (χ3n) is 3.25. The number of likely N-dealkylation sites (tertiary alicyclic amines) is 1. The second kappa shape index (κ2) is 3.75. The number of piperidine rings is 1. The van der Waals surface area contributed by atoms with Gasteiger partial charge < -0.3 is 10.2 Å². The minimum Gasteiger partial charge on any atom is -0.314 e. The smallest absolute Gasteiger partial charge is 0.0122 e. The topological polar surface area (TPSA) is 15.3 Å². The molecule has 2 rings (SSSR count). The van der Waals surface area contributed by atoms with Crippen molar-refractivity contribution in [1.82, 2.24) is 10.2 Å². The molecule has 2 heterocycles. The van der Waals surface area contributed by atoms with Crippen molar-refractivity contribution in [3.8, 4) is 0 Å². The first-order valence-corrected chi connectivity index (χ1v) is 5.33. The van der Waals surface area contributed by atoms with Gasteiger partial charge in [0, 0.05) is 12.1 Å². The highest BCUT2D eigenvalue weighted by atomic mass is 15.2. The molecule has 70 valence electrons. The van der Waals surface area contributed by atoms with E-state index in [0.29, 0.717) is 0 Å². The molecule has 2 atom stereocenters. The molecule has 12 heavy (non-hydrogen) atoms. The van der Waals surface area contributed by atoms with E-state index in [1.807, 2.05) is 0 Å². The van der Waals surface area contributed by atoms with Crippen LogP contribution in [0.4, 0.5) is 0 Å². The third kappa shape index (κ3) is 1.80. The number of nitrogens with zero attached hydrogens (tertiary/aromatic N) is 1. The summed E-state index contributed by atoms with van der Waals surface area (Å²) in [5.41, 5.74) is 0. The van der Waals surface area contributed by atoms with Gasteiger partial charge in [-0.1, -0.05) is 0 Å². The van der Waals surface area contributed by atoms with E-state index in [9.17, 15) is 0 Å². The molecule has 2 fully saturated rings. The summed E-state index contributed by atoms with van der Waals surface area (Å²) in [6.07, 6.45) is 5.58. The Morgan fingerprint density at radius 3 is 2.67 bits per heavy atom. The molecule has 0 aromatic rings. The summed E-state index contributed by atoms with van der Waals surface area (Å²) < 4.78 is 0. The molecular formula is C10H20N2. The molecule has 2 aliphatic rings. The van der Waals surface area contributed by atoms with Crippen molar-refractivity contribution >= 4 is 0 Å². The summed E-state index contributed by atoms with van der Waals surface area (Å²) in [4.78, 5) is 2.69. The molecule has 2 heteroatoms. The van der Waals surface area contributed by atoms with Gasteiger partial charge in [-0.25, -0.2) is 0 Å². The maximum absolute atomic E-state index is 3.51. The van der Waals surface area contributed by atoms with Crippen LogP contribution in [0.5, 0.6) is 0 Å². The molecule has 0 aromatic carbocycles. The van der Waals surface area contributed by atoms with Gasteiger partial charge in [-0.2, -0.15) is 0 Å². The Hall–Kier alpha value is -0.0800. The van der Waals surface area contributed by atoms with Crippen LogP contribution < -0.4 is 5.32 Å². The van der Waals surface area contributed by atoms with E-state index in [0.717, 1.165) is 12.1 Å².